The molecular formula is C15H22F3NO2. The molecule has 0 aliphatic rings. The summed E-state index contributed by atoms with van der Waals surface area (Å²) in [6.45, 7) is 0.898. The van der Waals surface area contributed by atoms with Gasteiger partial charge in [0.1, 0.15) is 6.61 Å². The molecule has 0 aromatic heterocycles. The molecule has 0 aliphatic carbocycles. The summed E-state index contributed by atoms with van der Waals surface area (Å²) in [5.74, 6) is 0.122. The van der Waals surface area contributed by atoms with Crippen molar-refractivity contribution in [1.29, 1.82) is 0 Å². The van der Waals surface area contributed by atoms with Crippen LogP contribution in [0.4, 0.5) is 13.2 Å². The van der Waals surface area contributed by atoms with Gasteiger partial charge in [0.05, 0.1) is 6.61 Å². The minimum Gasteiger partial charge on any atom is -0.383 e. The van der Waals surface area contributed by atoms with E-state index in [1.54, 1.807) is 7.11 Å². The van der Waals surface area contributed by atoms with Crippen LogP contribution >= 0.6 is 0 Å². The van der Waals surface area contributed by atoms with Crippen LogP contribution in [-0.2, 0) is 9.47 Å². The minimum absolute atomic E-state index is 0.0883. The van der Waals surface area contributed by atoms with Crippen LogP contribution in [0.15, 0.2) is 30.3 Å². The Morgan fingerprint density at radius 2 is 1.86 bits per heavy atom. The van der Waals surface area contributed by atoms with Crippen LogP contribution in [0.5, 0.6) is 0 Å². The number of hydrogen-bond acceptors (Lipinski definition) is 3. The van der Waals surface area contributed by atoms with Crippen molar-refractivity contribution in [2.45, 2.75) is 18.5 Å². The van der Waals surface area contributed by atoms with Crippen LogP contribution < -0.4 is 5.32 Å². The molecular weight excluding hydrogens is 283 g/mol. The third kappa shape index (κ3) is 8.70. The van der Waals surface area contributed by atoms with Crippen molar-refractivity contribution in [3.05, 3.63) is 35.9 Å². The Morgan fingerprint density at radius 3 is 2.48 bits per heavy atom. The average Bonchev–Trinajstić information content (AvgIpc) is 2.45. The van der Waals surface area contributed by atoms with Gasteiger partial charge in [-0.25, -0.2) is 0 Å². The van der Waals surface area contributed by atoms with E-state index in [1.165, 1.54) is 0 Å². The third-order valence-electron chi connectivity index (χ3n) is 3.02. The van der Waals surface area contributed by atoms with E-state index in [-0.39, 0.29) is 12.5 Å². The van der Waals surface area contributed by atoms with E-state index in [0.29, 0.717) is 26.1 Å². The third-order valence-corrected chi connectivity index (χ3v) is 3.02. The van der Waals surface area contributed by atoms with Crippen LogP contribution in [-0.4, -0.2) is 46.2 Å². The highest BCUT2D eigenvalue weighted by Crippen LogP contribution is 2.20. The van der Waals surface area contributed by atoms with Gasteiger partial charge in [0.2, 0.25) is 0 Å². The van der Waals surface area contributed by atoms with Gasteiger partial charge in [-0.05, 0) is 17.9 Å². The van der Waals surface area contributed by atoms with Crippen LogP contribution in [0.2, 0.25) is 0 Å². The molecule has 1 atom stereocenters. The fourth-order valence-electron chi connectivity index (χ4n) is 1.98. The van der Waals surface area contributed by atoms with E-state index in [0.717, 1.165) is 5.56 Å². The van der Waals surface area contributed by atoms with E-state index in [9.17, 15) is 13.2 Å². The SMILES string of the molecule is COCCNCC(CCOCC(F)(F)F)c1ccccc1. The summed E-state index contributed by atoms with van der Waals surface area (Å²) < 4.78 is 45.8. The predicted octanol–water partition coefficient (Wildman–Crippen LogP) is 2.98. The van der Waals surface area contributed by atoms with E-state index in [1.807, 2.05) is 30.3 Å². The highest BCUT2D eigenvalue weighted by atomic mass is 19.4. The Balaban J connectivity index is 2.41. The molecule has 1 N–H and O–H groups in total. The lowest BCUT2D eigenvalue weighted by atomic mass is 9.96. The molecule has 1 aromatic carbocycles. The molecule has 1 unspecified atom stereocenters. The number of methoxy groups -OCH3 is 1. The van der Waals surface area contributed by atoms with Gasteiger partial charge < -0.3 is 14.8 Å². The first-order chi connectivity index (χ1) is 10.0. The summed E-state index contributed by atoms with van der Waals surface area (Å²) in [5.41, 5.74) is 1.10. The fraction of sp³-hybridized carbons (Fsp3) is 0.600. The topological polar surface area (TPSA) is 30.5 Å². The van der Waals surface area contributed by atoms with Crippen molar-refractivity contribution < 1.29 is 22.6 Å². The van der Waals surface area contributed by atoms with Crippen LogP contribution in [0.25, 0.3) is 0 Å². The first kappa shape index (κ1) is 17.9. The Kier molecular flexibility index (Phi) is 8.34. The second kappa shape index (κ2) is 9.76. The summed E-state index contributed by atoms with van der Waals surface area (Å²) in [4.78, 5) is 0. The molecule has 0 aliphatic heterocycles. The lowest BCUT2D eigenvalue weighted by Gasteiger charge is -2.18. The molecule has 0 heterocycles. The summed E-state index contributed by atoms with van der Waals surface area (Å²) in [5, 5.41) is 3.24. The zero-order valence-electron chi connectivity index (χ0n) is 12.2. The maximum atomic E-state index is 12.0. The van der Waals surface area contributed by atoms with E-state index >= 15 is 0 Å². The number of ether oxygens (including phenoxy) is 2. The summed E-state index contributed by atoms with van der Waals surface area (Å²) in [6, 6.07) is 9.72. The van der Waals surface area contributed by atoms with Gasteiger partial charge in [0.15, 0.2) is 0 Å². The second-order valence-electron chi connectivity index (χ2n) is 4.76. The molecule has 1 aromatic rings. The number of benzene rings is 1. The van der Waals surface area contributed by atoms with Crippen molar-refractivity contribution in [3.8, 4) is 0 Å². The van der Waals surface area contributed by atoms with Gasteiger partial charge in [0.25, 0.3) is 0 Å². The van der Waals surface area contributed by atoms with E-state index in [2.05, 4.69) is 5.32 Å². The zero-order chi connectivity index (χ0) is 15.6. The molecule has 0 saturated heterocycles. The summed E-state index contributed by atoms with van der Waals surface area (Å²) >= 11 is 0. The van der Waals surface area contributed by atoms with Crippen LogP contribution in [0, 0.1) is 0 Å². The highest BCUT2D eigenvalue weighted by Gasteiger charge is 2.27. The zero-order valence-corrected chi connectivity index (χ0v) is 12.2. The summed E-state index contributed by atoms with van der Waals surface area (Å²) in [7, 11) is 1.63. The normalized spacial score (nSPS) is 13.3. The van der Waals surface area contributed by atoms with Gasteiger partial charge >= 0.3 is 6.18 Å². The van der Waals surface area contributed by atoms with Crippen molar-refractivity contribution in [2.24, 2.45) is 0 Å². The molecule has 0 amide bonds. The number of nitrogens with one attached hydrogen (secondary N) is 1. The van der Waals surface area contributed by atoms with Crippen molar-refractivity contribution in [3.63, 3.8) is 0 Å². The standard InChI is InChI=1S/C15H22F3NO2/c1-20-10-8-19-11-14(13-5-3-2-4-6-13)7-9-21-12-15(16,17)18/h2-6,14,19H,7-12H2,1H3. The maximum Gasteiger partial charge on any atom is 0.411 e. The van der Waals surface area contributed by atoms with Crippen LogP contribution in [0.3, 0.4) is 0 Å². The lowest BCUT2D eigenvalue weighted by Crippen LogP contribution is -2.26. The lowest BCUT2D eigenvalue weighted by molar-refractivity contribution is -0.174. The van der Waals surface area contributed by atoms with Crippen molar-refractivity contribution >= 4 is 0 Å². The Labute approximate surface area is 123 Å². The fourth-order valence-corrected chi connectivity index (χ4v) is 1.98. The first-order valence-corrected chi connectivity index (χ1v) is 6.92. The number of alkyl halides is 3. The summed E-state index contributed by atoms with van der Waals surface area (Å²) in [6.07, 6.45) is -3.72. The predicted molar refractivity (Wildman–Crippen MR) is 75.4 cm³/mol. The van der Waals surface area contributed by atoms with Gasteiger partial charge in [-0.3, -0.25) is 0 Å². The number of rotatable bonds is 10. The number of halogens is 3. The minimum atomic E-state index is -4.26. The smallest absolute Gasteiger partial charge is 0.383 e. The molecule has 0 spiro atoms. The Morgan fingerprint density at radius 1 is 1.14 bits per heavy atom. The molecule has 1 rings (SSSR count). The van der Waals surface area contributed by atoms with E-state index < -0.39 is 12.8 Å². The van der Waals surface area contributed by atoms with Gasteiger partial charge in [0, 0.05) is 26.8 Å². The Bertz CT molecular complexity index is 371. The molecule has 120 valence electrons. The van der Waals surface area contributed by atoms with E-state index in [4.69, 9.17) is 9.47 Å². The monoisotopic (exact) mass is 305 g/mol. The Hall–Kier alpha value is -1.11. The molecule has 0 fully saturated rings. The average molecular weight is 305 g/mol. The van der Waals surface area contributed by atoms with Gasteiger partial charge in [-0.2, -0.15) is 13.2 Å². The highest BCUT2D eigenvalue weighted by molar-refractivity contribution is 5.19. The maximum absolute atomic E-state index is 12.0. The van der Waals surface area contributed by atoms with Crippen molar-refractivity contribution in [2.75, 3.05) is 40.0 Å². The quantitative estimate of drug-likeness (QED) is 0.674. The molecule has 3 nitrogen and oxygen atoms in total. The molecule has 0 saturated carbocycles. The molecule has 0 bridgehead atoms. The van der Waals surface area contributed by atoms with Crippen molar-refractivity contribution in [1.82, 2.24) is 5.32 Å². The van der Waals surface area contributed by atoms with Crippen LogP contribution in [0.1, 0.15) is 17.9 Å². The first-order valence-electron chi connectivity index (χ1n) is 6.92. The number of hydrogen-bond donors (Lipinski definition) is 1. The second-order valence-corrected chi connectivity index (χ2v) is 4.76. The molecule has 21 heavy (non-hydrogen) atoms. The molecule has 6 heteroatoms. The molecule has 0 radical (unpaired) electrons. The van der Waals surface area contributed by atoms with Gasteiger partial charge in [-0.1, -0.05) is 30.3 Å². The van der Waals surface area contributed by atoms with Gasteiger partial charge in [-0.15, -0.1) is 0 Å². The largest absolute Gasteiger partial charge is 0.411 e.